The van der Waals surface area contributed by atoms with Crippen LogP contribution in [0.3, 0.4) is 0 Å². The lowest BCUT2D eigenvalue weighted by atomic mass is 10.3. The molecule has 0 spiro atoms. The van der Waals surface area contributed by atoms with Crippen molar-refractivity contribution in [2.75, 3.05) is 12.1 Å². The topological polar surface area (TPSA) is 59.0 Å². The standard InChI is InChI=1S/C6H7BrN4O/c1-3-4-5(12)8-2-9-11(4)6(7)10-3/h9H,2H2,1H3,(H,8,12). The summed E-state index contributed by atoms with van der Waals surface area (Å²) < 4.78 is 2.26. The quantitative estimate of drug-likeness (QED) is 0.670. The predicted octanol–water partition coefficient (Wildman–Crippen LogP) is 0.198. The molecule has 0 aromatic carbocycles. The number of hydrogen-bond acceptors (Lipinski definition) is 3. The van der Waals surface area contributed by atoms with Gasteiger partial charge in [-0.2, -0.15) is 0 Å². The highest BCUT2D eigenvalue weighted by Gasteiger charge is 2.22. The number of aryl methyl sites for hydroxylation is 1. The van der Waals surface area contributed by atoms with Crippen molar-refractivity contribution < 1.29 is 4.79 Å². The highest BCUT2D eigenvalue weighted by molar-refractivity contribution is 9.10. The van der Waals surface area contributed by atoms with Crippen molar-refractivity contribution in [3.05, 3.63) is 16.1 Å². The van der Waals surface area contributed by atoms with E-state index in [1.165, 1.54) is 0 Å². The van der Waals surface area contributed by atoms with Gasteiger partial charge >= 0.3 is 0 Å². The Balaban J connectivity index is 2.62. The number of carbonyl (C=O) groups excluding carboxylic acids is 1. The highest BCUT2D eigenvalue weighted by atomic mass is 79.9. The largest absolute Gasteiger partial charge is 0.332 e. The first-order valence-corrected chi connectivity index (χ1v) is 4.26. The van der Waals surface area contributed by atoms with E-state index in [4.69, 9.17) is 0 Å². The summed E-state index contributed by atoms with van der Waals surface area (Å²) in [5, 5.41) is 2.66. The molecule has 0 bridgehead atoms. The fourth-order valence-corrected chi connectivity index (χ4v) is 1.76. The summed E-state index contributed by atoms with van der Waals surface area (Å²) in [6.45, 7) is 2.23. The van der Waals surface area contributed by atoms with Crippen molar-refractivity contribution in [1.29, 1.82) is 0 Å². The molecule has 0 atom stereocenters. The first-order chi connectivity index (χ1) is 5.70. The third kappa shape index (κ3) is 0.911. The fourth-order valence-electron chi connectivity index (χ4n) is 1.19. The van der Waals surface area contributed by atoms with E-state index in [0.29, 0.717) is 22.8 Å². The van der Waals surface area contributed by atoms with Gasteiger partial charge in [-0.25, -0.2) is 9.66 Å². The number of nitrogens with one attached hydrogen (secondary N) is 2. The minimum absolute atomic E-state index is 0.0931. The van der Waals surface area contributed by atoms with Crippen LogP contribution in [0.15, 0.2) is 4.73 Å². The van der Waals surface area contributed by atoms with E-state index < -0.39 is 0 Å². The molecule has 0 aliphatic carbocycles. The SMILES string of the molecule is Cc1nc(Br)n2c1C(=O)NCN2. The van der Waals surface area contributed by atoms with E-state index in [0.717, 1.165) is 0 Å². The number of amides is 1. The first kappa shape index (κ1) is 7.60. The maximum Gasteiger partial charge on any atom is 0.273 e. The normalized spacial score (nSPS) is 15.0. The maximum absolute atomic E-state index is 11.3. The number of nitrogens with zero attached hydrogens (tertiary/aromatic N) is 2. The van der Waals surface area contributed by atoms with Crippen molar-refractivity contribution in [1.82, 2.24) is 15.0 Å². The zero-order valence-corrected chi connectivity index (χ0v) is 7.97. The molecule has 1 aromatic rings. The molecule has 1 aliphatic heterocycles. The second-order valence-corrected chi connectivity index (χ2v) is 3.20. The molecule has 12 heavy (non-hydrogen) atoms. The smallest absolute Gasteiger partial charge is 0.273 e. The van der Waals surface area contributed by atoms with Gasteiger partial charge in [0.15, 0.2) is 10.4 Å². The van der Waals surface area contributed by atoms with Crippen LogP contribution in [0, 0.1) is 6.92 Å². The Morgan fingerprint density at radius 1 is 1.67 bits per heavy atom. The molecule has 64 valence electrons. The summed E-state index contributed by atoms with van der Waals surface area (Å²) >= 11 is 3.24. The molecule has 0 fully saturated rings. The number of hydrogen-bond donors (Lipinski definition) is 2. The number of imidazole rings is 1. The van der Waals surface area contributed by atoms with Gasteiger partial charge < -0.3 is 10.7 Å². The van der Waals surface area contributed by atoms with Crippen molar-refractivity contribution in [2.24, 2.45) is 0 Å². The van der Waals surface area contributed by atoms with Crippen LogP contribution >= 0.6 is 15.9 Å². The van der Waals surface area contributed by atoms with E-state index in [1.807, 2.05) is 0 Å². The van der Waals surface area contributed by atoms with Gasteiger partial charge in [0.05, 0.1) is 5.69 Å². The van der Waals surface area contributed by atoms with Crippen LogP contribution < -0.4 is 10.7 Å². The predicted molar refractivity (Wildman–Crippen MR) is 46.4 cm³/mol. The van der Waals surface area contributed by atoms with Crippen LogP contribution in [0.5, 0.6) is 0 Å². The molecule has 2 N–H and O–H groups in total. The Labute approximate surface area is 77.3 Å². The average molecular weight is 231 g/mol. The number of fused-ring (bicyclic) bond motifs is 1. The Morgan fingerprint density at radius 2 is 2.42 bits per heavy atom. The fraction of sp³-hybridized carbons (Fsp3) is 0.333. The van der Waals surface area contributed by atoms with Gasteiger partial charge in [-0.05, 0) is 22.9 Å². The Kier molecular flexibility index (Phi) is 1.57. The van der Waals surface area contributed by atoms with Gasteiger partial charge in [-0.3, -0.25) is 4.79 Å². The number of aromatic nitrogens is 2. The van der Waals surface area contributed by atoms with Crippen LogP contribution in [-0.4, -0.2) is 22.2 Å². The minimum Gasteiger partial charge on any atom is -0.332 e. The van der Waals surface area contributed by atoms with Crippen LogP contribution in [0.25, 0.3) is 0 Å². The van der Waals surface area contributed by atoms with Crippen molar-refractivity contribution in [3.8, 4) is 0 Å². The molecule has 5 nitrogen and oxygen atoms in total. The van der Waals surface area contributed by atoms with Crippen molar-refractivity contribution in [2.45, 2.75) is 6.92 Å². The third-order valence-corrected chi connectivity index (χ3v) is 2.24. The summed E-state index contributed by atoms with van der Waals surface area (Å²) in [6, 6.07) is 0. The van der Waals surface area contributed by atoms with Gasteiger partial charge in [0.1, 0.15) is 6.67 Å². The summed E-state index contributed by atoms with van der Waals surface area (Å²) in [4.78, 5) is 15.4. The lowest BCUT2D eigenvalue weighted by Gasteiger charge is -2.18. The molecule has 2 heterocycles. The molecule has 0 unspecified atom stereocenters. The zero-order valence-electron chi connectivity index (χ0n) is 6.39. The monoisotopic (exact) mass is 230 g/mol. The van der Waals surface area contributed by atoms with Gasteiger partial charge in [0, 0.05) is 0 Å². The first-order valence-electron chi connectivity index (χ1n) is 3.47. The van der Waals surface area contributed by atoms with E-state index >= 15 is 0 Å². The van der Waals surface area contributed by atoms with Crippen molar-refractivity contribution >= 4 is 21.8 Å². The molecule has 1 aliphatic rings. The highest BCUT2D eigenvalue weighted by Crippen LogP contribution is 2.15. The Bertz CT molecular complexity index is 346. The summed E-state index contributed by atoms with van der Waals surface area (Å²) in [6.07, 6.45) is 0. The van der Waals surface area contributed by atoms with Gasteiger partial charge in [-0.15, -0.1) is 0 Å². The Hall–Kier alpha value is -1.04. The molecule has 0 radical (unpaired) electrons. The summed E-state index contributed by atoms with van der Waals surface area (Å²) in [5.41, 5.74) is 4.23. The molecule has 6 heteroatoms. The van der Waals surface area contributed by atoms with Crippen LogP contribution in [0.1, 0.15) is 16.2 Å². The number of carbonyl (C=O) groups is 1. The minimum atomic E-state index is -0.0931. The molecule has 2 rings (SSSR count). The molecular weight excluding hydrogens is 224 g/mol. The average Bonchev–Trinajstić information content (AvgIpc) is 2.29. The van der Waals surface area contributed by atoms with E-state index in [2.05, 4.69) is 31.7 Å². The van der Waals surface area contributed by atoms with E-state index in [-0.39, 0.29) is 5.91 Å². The third-order valence-electron chi connectivity index (χ3n) is 1.71. The van der Waals surface area contributed by atoms with Crippen LogP contribution in [0.2, 0.25) is 0 Å². The maximum atomic E-state index is 11.3. The zero-order chi connectivity index (χ0) is 8.72. The van der Waals surface area contributed by atoms with Gasteiger partial charge in [0.2, 0.25) is 0 Å². The number of rotatable bonds is 0. The van der Waals surface area contributed by atoms with Crippen molar-refractivity contribution in [3.63, 3.8) is 0 Å². The second kappa shape index (κ2) is 2.48. The second-order valence-electron chi connectivity index (χ2n) is 2.49. The molecular formula is C6H7BrN4O. The van der Waals surface area contributed by atoms with Crippen LogP contribution in [-0.2, 0) is 0 Å². The van der Waals surface area contributed by atoms with Gasteiger partial charge in [-0.1, -0.05) is 0 Å². The molecule has 1 aromatic heterocycles. The lowest BCUT2D eigenvalue weighted by Crippen LogP contribution is -2.41. The lowest BCUT2D eigenvalue weighted by molar-refractivity contribution is 0.0935. The summed E-state index contributed by atoms with van der Waals surface area (Å²) in [5.74, 6) is -0.0931. The summed E-state index contributed by atoms with van der Waals surface area (Å²) in [7, 11) is 0. The van der Waals surface area contributed by atoms with Crippen LogP contribution in [0.4, 0.5) is 0 Å². The van der Waals surface area contributed by atoms with E-state index in [1.54, 1.807) is 11.6 Å². The number of halogens is 1. The molecule has 0 saturated heterocycles. The van der Waals surface area contributed by atoms with Gasteiger partial charge in [0.25, 0.3) is 5.91 Å². The molecule has 1 amide bonds. The van der Waals surface area contributed by atoms with E-state index in [9.17, 15) is 4.79 Å². The Morgan fingerprint density at radius 3 is 3.08 bits per heavy atom. The molecule has 0 saturated carbocycles.